The Morgan fingerprint density at radius 1 is 1.29 bits per heavy atom. The van der Waals surface area contributed by atoms with Gasteiger partial charge in [0, 0.05) is 33.1 Å². The van der Waals surface area contributed by atoms with Crippen LogP contribution in [-0.2, 0) is 18.3 Å². The first kappa shape index (κ1) is 19.9. The Hall–Kier alpha value is -2.83. The third-order valence-electron chi connectivity index (χ3n) is 5.23. The van der Waals surface area contributed by atoms with Crippen molar-refractivity contribution in [2.24, 2.45) is 13.0 Å². The minimum Gasteiger partial charge on any atom is -0.497 e. The molecular formula is C21H28N4O3. The van der Waals surface area contributed by atoms with E-state index >= 15 is 0 Å². The Balaban J connectivity index is 1.42. The molecule has 2 amide bonds. The minimum absolute atomic E-state index is 0.00975. The summed E-state index contributed by atoms with van der Waals surface area (Å²) in [5.41, 5.74) is 1.71. The summed E-state index contributed by atoms with van der Waals surface area (Å²) >= 11 is 0. The van der Waals surface area contributed by atoms with E-state index in [1.807, 2.05) is 36.2 Å². The molecule has 1 unspecified atom stereocenters. The number of aromatic nitrogens is 2. The summed E-state index contributed by atoms with van der Waals surface area (Å²) in [5.74, 6) is 1.16. The molecule has 1 N–H and O–H groups in total. The molecule has 3 rings (SSSR count). The molecule has 7 nitrogen and oxygen atoms in total. The van der Waals surface area contributed by atoms with E-state index in [9.17, 15) is 9.59 Å². The summed E-state index contributed by atoms with van der Waals surface area (Å²) in [5, 5.41) is 3.03. The molecule has 2 aromatic rings. The van der Waals surface area contributed by atoms with Crippen molar-refractivity contribution in [2.75, 3.05) is 26.7 Å². The Kier molecular flexibility index (Phi) is 6.68. The van der Waals surface area contributed by atoms with Crippen LogP contribution in [0.4, 0.5) is 0 Å². The number of piperidine rings is 1. The average molecular weight is 384 g/mol. The number of carbonyl (C=O) groups excluding carboxylic acids is 2. The number of nitrogens with zero attached hydrogens (tertiary/aromatic N) is 3. The number of benzene rings is 1. The summed E-state index contributed by atoms with van der Waals surface area (Å²) in [4.78, 5) is 30.7. The molecule has 0 spiro atoms. The highest BCUT2D eigenvalue weighted by molar-refractivity contribution is 5.92. The lowest BCUT2D eigenvalue weighted by Gasteiger charge is -2.32. The van der Waals surface area contributed by atoms with Gasteiger partial charge in [0.15, 0.2) is 0 Å². The third kappa shape index (κ3) is 5.12. The van der Waals surface area contributed by atoms with Gasteiger partial charge in [-0.15, -0.1) is 0 Å². The molecule has 7 heteroatoms. The van der Waals surface area contributed by atoms with E-state index in [4.69, 9.17) is 4.74 Å². The molecule has 0 saturated carbocycles. The molecule has 0 bridgehead atoms. The lowest BCUT2D eigenvalue weighted by atomic mass is 9.97. The van der Waals surface area contributed by atoms with E-state index in [1.165, 1.54) is 0 Å². The minimum atomic E-state index is 0.00975. The van der Waals surface area contributed by atoms with E-state index < -0.39 is 0 Å². The van der Waals surface area contributed by atoms with Gasteiger partial charge in [-0.05, 0) is 42.9 Å². The predicted molar refractivity (Wildman–Crippen MR) is 106 cm³/mol. The Morgan fingerprint density at radius 3 is 2.75 bits per heavy atom. The van der Waals surface area contributed by atoms with Crippen molar-refractivity contribution in [3.63, 3.8) is 0 Å². The fourth-order valence-corrected chi connectivity index (χ4v) is 3.54. The number of hydrogen-bond donors (Lipinski definition) is 1. The van der Waals surface area contributed by atoms with Gasteiger partial charge in [-0.3, -0.25) is 9.59 Å². The highest BCUT2D eigenvalue weighted by Crippen LogP contribution is 2.18. The van der Waals surface area contributed by atoms with Gasteiger partial charge < -0.3 is 19.5 Å². The first-order valence-electron chi connectivity index (χ1n) is 9.72. The van der Waals surface area contributed by atoms with Gasteiger partial charge in [0.2, 0.25) is 5.91 Å². The van der Waals surface area contributed by atoms with Crippen LogP contribution in [0.5, 0.6) is 5.75 Å². The quantitative estimate of drug-likeness (QED) is 0.792. The number of ether oxygens (including phenoxy) is 1. The first-order valence-corrected chi connectivity index (χ1v) is 9.72. The highest BCUT2D eigenvalue weighted by atomic mass is 16.5. The molecule has 0 radical (unpaired) electrons. The number of aryl methyl sites for hydroxylation is 2. The molecule has 1 fully saturated rings. The van der Waals surface area contributed by atoms with Crippen molar-refractivity contribution in [3.05, 3.63) is 48.0 Å². The lowest BCUT2D eigenvalue weighted by Crippen LogP contribution is -2.44. The molecule has 1 saturated heterocycles. The van der Waals surface area contributed by atoms with Crippen molar-refractivity contribution in [1.82, 2.24) is 19.8 Å². The van der Waals surface area contributed by atoms with Crippen LogP contribution in [-0.4, -0.2) is 53.0 Å². The standard InChI is InChI=1S/C21H28N4O3/c1-24-15-22-13-19(24)21(27)25-11-3-4-17(14-25)12-23-20(26)10-7-16-5-8-18(28-2)9-6-16/h5-6,8-9,13,15,17H,3-4,7,10-12,14H2,1-2H3,(H,23,26). The fraction of sp³-hybridized carbons (Fsp3) is 0.476. The predicted octanol–water partition coefficient (Wildman–Crippen LogP) is 2.03. The third-order valence-corrected chi connectivity index (χ3v) is 5.23. The number of amides is 2. The number of rotatable bonds is 7. The van der Waals surface area contributed by atoms with E-state index in [2.05, 4.69) is 10.3 Å². The molecule has 1 aliphatic heterocycles. The zero-order valence-electron chi connectivity index (χ0n) is 16.6. The maximum Gasteiger partial charge on any atom is 0.272 e. The summed E-state index contributed by atoms with van der Waals surface area (Å²) < 4.78 is 6.89. The van der Waals surface area contributed by atoms with E-state index in [1.54, 1.807) is 24.2 Å². The second kappa shape index (κ2) is 9.39. The van der Waals surface area contributed by atoms with Gasteiger partial charge >= 0.3 is 0 Å². The molecule has 1 aromatic carbocycles. The van der Waals surface area contributed by atoms with Crippen LogP contribution < -0.4 is 10.1 Å². The van der Waals surface area contributed by atoms with Gasteiger partial charge in [0.25, 0.3) is 5.91 Å². The number of methoxy groups -OCH3 is 1. The summed E-state index contributed by atoms with van der Waals surface area (Å²) in [6.45, 7) is 2.03. The van der Waals surface area contributed by atoms with Crippen molar-refractivity contribution in [1.29, 1.82) is 0 Å². The molecule has 1 aromatic heterocycles. The van der Waals surface area contributed by atoms with Crippen LogP contribution in [0, 0.1) is 5.92 Å². The van der Waals surface area contributed by atoms with Gasteiger partial charge in [-0.2, -0.15) is 0 Å². The number of hydrogen-bond acceptors (Lipinski definition) is 4. The van der Waals surface area contributed by atoms with Crippen LogP contribution >= 0.6 is 0 Å². The van der Waals surface area contributed by atoms with Crippen molar-refractivity contribution >= 4 is 11.8 Å². The normalized spacial score (nSPS) is 16.6. The van der Waals surface area contributed by atoms with E-state index in [0.717, 1.165) is 30.7 Å². The summed E-state index contributed by atoms with van der Waals surface area (Å²) in [6.07, 6.45) is 6.37. The molecule has 0 aliphatic carbocycles. The smallest absolute Gasteiger partial charge is 0.272 e. The topological polar surface area (TPSA) is 76.5 Å². The van der Waals surface area contributed by atoms with Crippen LogP contribution in [0.1, 0.15) is 35.3 Å². The van der Waals surface area contributed by atoms with Gasteiger partial charge in [0.1, 0.15) is 11.4 Å². The lowest BCUT2D eigenvalue weighted by molar-refractivity contribution is -0.121. The monoisotopic (exact) mass is 384 g/mol. The Morgan fingerprint density at radius 2 is 2.07 bits per heavy atom. The fourth-order valence-electron chi connectivity index (χ4n) is 3.54. The number of carbonyl (C=O) groups is 2. The largest absolute Gasteiger partial charge is 0.497 e. The van der Waals surface area contributed by atoms with E-state index in [0.29, 0.717) is 31.6 Å². The summed E-state index contributed by atoms with van der Waals surface area (Å²) in [6, 6.07) is 7.77. The molecular weight excluding hydrogens is 356 g/mol. The second-order valence-electron chi connectivity index (χ2n) is 7.30. The van der Waals surface area contributed by atoms with Gasteiger partial charge in [0.05, 0.1) is 19.6 Å². The zero-order chi connectivity index (χ0) is 19.9. The van der Waals surface area contributed by atoms with E-state index in [-0.39, 0.29) is 17.7 Å². The Bertz CT molecular complexity index is 800. The maximum absolute atomic E-state index is 12.6. The zero-order valence-corrected chi connectivity index (χ0v) is 16.6. The number of nitrogens with one attached hydrogen (secondary N) is 1. The molecule has 1 atom stereocenters. The van der Waals surface area contributed by atoms with Crippen molar-refractivity contribution in [3.8, 4) is 5.75 Å². The van der Waals surface area contributed by atoms with Crippen LogP contribution in [0.2, 0.25) is 0 Å². The first-order chi connectivity index (χ1) is 13.6. The number of imidazole rings is 1. The van der Waals surface area contributed by atoms with Crippen molar-refractivity contribution in [2.45, 2.75) is 25.7 Å². The SMILES string of the molecule is COc1ccc(CCC(=O)NCC2CCCN(C(=O)c3cncn3C)C2)cc1. The van der Waals surface area contributed by atoms with Gasteiger partial charge in [-0.25, -0.2) is 4.98 Å². The summed E-state index contributed by atoms with van der Waals surface area (Å²) in [7, 11) is 3.46. The highest BCUT2D eigenvalue weighted by Gasteiger charge is 2.26. The van der Waals surface area contributed by atoms with Gasteiger partial charge in [-0.1, -0.05) is 12.1 Å². The van der Waals surface area contributed by atoms with Crippen LogP contribution in [0.15, 0.2) is 36.8 Å². The number of likely N-dealkylation sites (tertiary alicyclic amines) is 1. The second-order valence-corrected chi connectivity index (χ2v) is 7.30. The molecule has 150 valence electrons. The molecule has 2 heterocycles. The molecule has 28 heavy (non-hydrogen) atoms. The van der Waals surface area contributed by atoms with Crippen molar-refractivity contribution < 1.29 is 14.3 Å². The molecule has 1 aliphatic rings. The average Bonchev–Trinajstić information content (AvgIpc) is 3.16. The maximum atomic E-state index is 12.6. The Labute approximate surface area is 165 Å². The van der Waals surface area contributed by atoms with Crippen LogP contribution in [0.3, 0.4) is 0 Å². The van der Waals surface area contributed by atoms with Crippen LogP contribution in [0.25, 0.3) is 0 Å².